The van der Waals surface area contributed by atoms with Crippen LogP contribution in [0.3, 0.4) is 0 Å². The molecule has 138 valence electrons. The number of aryl methyl sites for hydroxylation is 2. The number of guanidine groups is 1. The van der Waals surface area contributed by atoms with E-state index in [9.17, 15) is 0 Å². The Morgan fingerprint density at radius 2 is 2.04 bits per heavy atom. The number of benzene rings is 1. The maximum atomic E-state index is 6.17. The number of aromatic nitrogens is 2. The summed E-state index contributed by atoms with van der Waals surface area (Å²) in [4.78, 5) is 8.75. The highest BCUT2D eigenvalue weighted by Crippen LogP contribution is 2.14. The zero-order chi connectivity index (χ0) is 17.2. The summed E-state index contributed by atoms with van der Waals surface area (Å²) in [6.07, 6.45) is 2.46. The van der Waals surface area contributed by atoms with E-state index in [0.717, 1.165) is 48.9 Å². The molecule has 2 rings (SSSR count). The minimum atomic E-state index is 0. The molecule has 0 fully saturated rings. The van der Waals surface area contributed by atoms with Crippen molar-refractivity contribution in [1.29, 1.82) is 0 Å². The Balaban J connectivity index is 0.00000312. The molecule has 2 N–H and O–H groups in total. The van der Waals surface area contributed by atoms with Crippen molar-refractivity contribution in [2.24, 2.45) is 4.99 Å². The van der Waals surface area contributed by atoms with E-state index in [-0.39, 0.29) is 24.0 Å². The van der Waals surface area contributed by atoms with Gasteiger partial charge < -0.3 is 15.2 Å². The van der Waals surface area contributed by atoms with Gasteiger partial charge >= 0.3 is 0 Å². The topological polar surface area (TPSA) is 75.3 Å². The first-order valence-corrected chi connectivity index (χ1v) is 8.61. The number of nitrogens with zero attached hydrogens (tertiary/aromatic N) is 3. The van der Waals surface area contributed by atoms with Crippen molar-refractivity contribution < 1.29 is 4.52 Å². The van der Waals surface area contributed by atoms with Crippen LogP contribution in [0.1, 0.15) is 30.6 Å². The predicted octanol–water partition coefficient (Wildman–Crippen LogP) is 3.38. The van der Waals surface area contributed by atoms with E-state index < -0.39 is 0 Å². The molecule has 0 bridgehead atoms. The summed E-state index contributed by atoms with van der Waals surface area (Å²) >= 11 is 6.17. The molecule has 0 unspecified atom stereocenters. The molecule has 0 saturated carbocycles. The third kappa shape index (κ3) is 8.04. The molecule has 0 atom stereocenters. The third-order valence-electron chi connectivity index (χ3n) is 3.38. The van der Waals surface area contributed by atoms with Crippen LogP contribution < -0.4 is 10.6 Å². The molecule has 0 amide bonds. The molecular formula is C17H25ClIN5O. The molecule has 0 aliphatic heterocycles. The van der Waals surface area contributed by atoms with E-state index in [0.29, 0.717) is 18.3 Å². The highest BCUT2D eigenvalue weighted by molar-refractivity contribution is 14.0. The van der Waals surface area contributed by atoms with Crippen molar-refractivity contribution in [1.82, 2.24) is 20.8 Å². The number of aliphatic imine (C=N–C) groups is 1. The van der Waals surface area contributed by atoms with Gasteiger partial charge in [0.05, 0.1) is 0 Å². The maximum absolute atomic E-state index is 6.17. The Kier molecular flexibility index (Phi) is 10.5. The van der Waals surface area contributed by atoms with Gasteiger partial charge in [0.1, 0.15) is 0 Å². The molecule has 1 heterocycles. The summed E-state index contributed by atoms with van der Waals surface area (Å²) in [5, 5.41) is 11.1. The zero-order valence-corrected chi connectivity index (χ0v) is 17.7. The fourth-order valence-corrected chi connectivity index (χ4v) is 2.45. The van der Waals surface area contributed by atoms with Crippen LogP contribution in [0.4, 0.5) is 0 Å². The quantitative estimate of drug-likeness (QED) is 0.264. The van der Waals surface area contributed by atoms with Gasteiger partial charge in [0, 0.05) is 31.1 Å². The zero-order valence-electron chi connectivity index (χ0n) is 14.6. The van der Waals surface area contributed by atoms with Gasteiger partial charge in [-0.15, -0.1) is 24.0 Å². The number of nitrogens with one attached hydrogen (secondary N) is 2. The van der Waals surface area contributed by atoms with Crippen LogP contribution in [0, 0.1) is 6.92 Å². The first-order chi connectivity index (χ1) is 11.7. The summed E-state index contributed by atoms with van der Waals surface area (Å²) in [6, 6.07) is 7.89. The number of hydrogen-bond acceptors (Lipinski definition) is 4. The largest absolute Gasteiger partial charge is 0.357 e. The SMILES string of the molecule is CCNC(=NCCCc1nc(C)no1)NCCc1ccccc1Cl.I. The smallest absolute Gasteiger partial charge is 0.226 e. The van der Waals surface area contributed by atoms with Crippen molar-refractivity contribution >= 4 is 41.5 Å². The van der Waals surface area contributed by atoms with Gasteiger partial charge in [0.2, 0.25) is 5.89 Å². The van der Waals surface area contributed by atoms with Gasteiger partial charge in [-0.05, 0) is 38.3 Å². The molecule has 0 aliphatic carbocycles. The number of rotatable bonds is 8. The average Bonchev–Trinajstić information content (AvgIpc) is 2.98. The Hall–Kier alpha value is -1.35. The monoisotopic (exact) mass is 477 g/mol. The average molecular weight is 478 g/mol. The Morgan fingerprint density at radius 3 is 2.72 bits per heavy atom. The molecule has 8 heteroatoms. The molecule has 1 aromatic carbocycles. The summed E-state index contributed by atoms with van der Waals surface area (Å²) in [5.74, 6) is 2.15. The number of hydrogen-bond donors (Lipinski definition) is 2. The van der Waals surface area contributed by atoms with Crippen molar-refractivity contribution in [2.75, 3.05) is 19.6 Å². The lowest BCUT2D eigenvalue weighted by Crippen LogP contribution is -2.38. The van der Waals surface area contributed by atoms with Crippen LogP contribution in [0.5, 0.6) is 0 Å². The van der Waals surface area contributed by atoms with Gasteiger partial charge in [-0.25, -0.2) is 0 Å². The first-order valence-electron chi connectivity index (χ1n) is 8.24. The fourth-order valence-electron chi connectivity index (χ4n) is 2.22. The van der Waals surface area contributed by atoms with Crippen molar-refractivity contribution in [3.05, 3.63) is 46.6 Å². The molecule has 0 saturated heterocycles. The highest BCUT2D eigenvalue weighted by Gasteiger charge is 2.03. The molecule has 25 heavy (non-hydrogen) atoms. The first kappa shape index (κ1) is 21.7. The second-order valence-corrected chi connectivity index (χ2v) is 5.77. The van der Waals surface area contributed by atoms with E-state index >= 15 is 0 Å². The molecule has 1 aromatic heterocycles. The molecule has 2 aromatic rings. The summed E-state index contributed by atoms with van der Waals surface area (Å²) < 4.78 is 5.09. The van der Waals surface area contributed by atoms with Crippen molar-refractivity contribution in [2.45, 2.75) is 33.1 Å². The van der Waals surface area contributed by atoms with E-state index in [1.807, 2.05) is 38.1 Å². The van der Waals surface area contributed by atoms with Crippen LogP contribution in [-0.4, -0.2) is 35.7 Å². The highest BCUT2D eigenvalue weighted by atomic mass is 127. The van der Waals surface area contributed by atoms with Crippen LogP contribution in [0.15, 0.2) is 33.8 Å². The van der Waals surface area contributed by atoms with Crippen LogP contribution in [0.25, 0.3) is 0 Å². The van der Waals surface area contributed by atoms with Crippen LogP contribution in [-0.2, 0) is 12.8 Å². The van der Waals surface area contributed by atoms with Gasteiger partial charge in [-0.2, -0.15) is 4.98 Å². The van der Waals surface area contributed by atoms with E-state index in [4.69, 9.17) is 16.1 Å². The summed E-state index contributed by atoms with van der Waals surface area (Å²) in [7, 11) is 0. The predicted molar refractivity (Wildman–Crippen MR) is 112 cm³/mol. The normalized spacial score (nSPS) is 11.1. The third-order valence-corrected chi connectivity index (χ3v) is 3.75. The van der Waals surface area contributed by atoms with Gasteiger partial charge in [-0.3, -0.25) is 4.99 Å². The summed E-state index contributed by atoms with van der Waals surface area (Å²) in [5.41, 5.74) is 1.13. The lowest BCUT2D eigenvalue weighted by molar-refractivity contribution is 0.372. The Bertz CT molecular complexity index is 662. The molecule has 6 nitrogen and oxygen atoms in total. The fraction of sp³-hybridized carbons (Fsp3) is 0.471. The lowest BCUT2D eigenvalue weighted by atomic mass is 10.1. The van der Waals surface area contributed by atoms with Crippen molar-refractivity contribution in [3.63, 3.8) is 0 Å². The summed E-state index contributed by atoms with van der Waals surface area (Å²) in [6.45, 7) is 6.16. The second-order valence-electron chi connectivity index (χ2n) is 5.37. The molecule has 0 radical (unpaired) electrons. The Morgan fingerprint density at radius 1 is 1.24 bits per heavy atom. The van der Waals surface area contributed by atoms with Gasteiger partial charge in [0.15, 0.2) is 11.8 Å². The molecular weight excluding hydrogens is 453 g/mol. The maximum Gasteiger partial charge on any atom is 0.226 e. The number of halogens is 2. The molecule has 0 spiro atoms. The van der Waals surface area contributed by atoms with E-state index in [2.05, 4.69) is 25.8 Å². The minimum Gasteiger partial charge on any atom is -0.357 e. The van der Waals surface area contributed by atoms with Crippen LogP contribution >= 0.6 is 35.6 Å². The Labute approximate surface area is 170 Å². The van der Waals surface area contributed by atoms with Gasteiger partial charge in [0.25, 0.3) is 0 Å². The second kappa shape index (κ2) is 12.1. The minimum absolute atomic E-state index is 0. The van der Waals surface area contributed by atoms with E-state index in [1.54, 1.807) is 0 Å². The van der Waals surface area contributed by atoms with Gasteiger partial charge in [-0.1, -0.05) is 35.0 Å². The molecule has 0 aliphatic rings. The van der Waals surface area contributed by atoms with Crippen LogP contribution in [0.2, 0.25) is 5.02 Å². The lowest BCUT2D eigenvalue weighted by Gasteiger charge is -2.11. The van der Waals surface area contributed by atoms with E-state index in [1.165, 1.54) is 0 Å². The standard InChI is InChI=1S/C17H24ClN5O.HI/c1-3-19-17(20-11-6-9-16-22-13(2)23-24-16)21-12-10-14-7-4-5-8-15(14)18;/h4-5,7-8H,3,6,9-12H2,1-2H3,(H2,19,20,21);1H. The van der Waals surface area contributed by atoms with Crippen molar-refractivity contribution in [3.8, 4) is 0 Å².